The molecule has 2 heterocycles. The second kappa shape index (κ2) is 4.58. The number of aryl methyl sites for hydroxylation is 2. The Morgan fingerprint density at radius 3 is 2.59 bits per heavy atom. The van der Waals surface area contributed by atoms with Crippen LogP contribution in [0, 0.1) is 6.92 Å². The minimum Gasteiger partial charge on any atom is -0.328 e. The largest absolute Gasteiger partial charge is 0.328 e. The van der Waals surface area contributed by atoms with E-state index in [0.717, 1.165) is 5.65 Å². The molecule has 0 spiro atoms. The van der Waals surface area contributed by atoms with E-state index in [4.69, 9.17) is 0 Å². The van der Waals surface area contributed by atoms with Crippen LogP contribution in [0.15, 0.2) is 36.5 Å². The van der Waals surface area contributed by atoms with Crippen molar-refractivity contribution in [3.8, 4) is 0 Å². The normalized spacial score (nSPS) is 10.4. The molecule has 3 aromatic rings. The molecule has 17 heavy (non-hydrogen) atoms. The zero-order valence-electron chi connectivity index (χ0n) is 10.9. The van der Waals surface area contributed by atoms with E-state index < -0.39 is 0 Å². The van der Waals surface area contributed by atoms with E-state index in [9.17, 15) is 0 Å². The van der Waals surface area contributed by atoms with Crippen molar-refractivity contribution in [3.63, 3.8) is 0 Å². The van der Waals surface area contributed by atoms with Crippen LogP contribution in [0.5, 0.6) is 0 Å². The van der Waals surface area contributed by atoms with Crippen molar-refractivity contribution in [2.24, 2.45) is 7.05 Å². The van der Waals surface area contributed by atoms with E-state index in [0.29, 0.717) is 0 Å². The Labute approximate surface area is 102 Å². The quantitative estimate of drug-likeness (QED) is 0.565. The Balaban J connectivity index is 0.000000514. The molecule has 0 aliphatic rings. The van der Waals surface area contributed by atoms with Gasteiger partial charge in [0.25, 0.3) is 0 Å². The zero-order valence-corrected chi connectivity index (χ0v) is 10.9. The lowest BCUT2D eigenvalue weighted by atomic mass is 10.1. The van der Waals surface area contributed by atoms with Crippen molar-refractivity contribution in [2.75, 3.05) is 0 Å². The van der Waals surface area contributed by atoms with Crippen molar-refractivity contribution in [3.05, 3.63) is 42.1 Å². The Bertz CT molecular complexity index is 650. The van der Waals surface area contributed by atoms with Gasteiger partial charge in [0, 0.05) is 24.0 Å². The first kappa shape index (κ1) is 11.6. The monoisotopic (exact) mass is 226 g/mol. The van der Waals surface area contributed by atoms with E-state index in [1.807, 2.05) is 26.1 Å². The molecule has 0 N–H and O–H groups in total. The second-order valence-electron chi connectivity index (χ2n) is 3.95. The minimum absolute atomic E-state index is 1.05. The number of hydrogen-bond acceptors (Lipinski definition) is 1. The summed E-state index contributed by atoms with van der Waals surface area (Å²) in [5.41, 5.74) is 3.59. The van der Waals surface area contributed by atoms with Gasteiger partial charge in [-0.2, -0.15) is 0 Å². The summed E-state index contributed by atoms with van der Waals surface area (Å²) in [6.45, 7) is 6.12. The molecule has 0 amide bonds. The SMILES string of the molecule is CC.Cc1ccc2c3cccnc3n(C)c2c1. The van der Waals surface area contributed by atoms with Crippen molar-refractivity contribution >= 4 is 21.9 Å². The van der Waals surface area contributed by atoms with Gasteiger partial charge in [-0.05, 0) is 30.7 Å². The lowest BCUT2D eigenvalue weighted by Gasteiger charge is -1.97. The summed E-state index contributed by atoms with van der Waals surface area (Å²) in [6.07, 6.45) is 1.84. The van der Waals surface area contributed by atoms with Gasteiger partial charge in [-0.1, -0.05) is 26.0 Å². The Hall–Kier alpha value is -1.83. The van der Waals surface area contributed by atoms with Gasteiger partial charge >= 0.3 is 0 Å². The third-order valence-electron chi connectivity index (χ3n) is 2.91. The van der Waals surface area contributed by atoms with Crippen LogP contribution in [0.2, 0.25) is 0 Å². The Morgan fingerprint density at radius 2 is 1.82 bits per heavy atom. The van der Waals surface area contributed by atoms with Gasteiger partial charge in [0.05, 0.1) is 5.52 Å². The Morgan fingerprint density at radius 1 is 1.06 bits per heavy atom. The molecular weight excluding hydrogens is 208 g/mol. The van der Waals surface area contributed by atoms with E-state index in [1.54, 1.807) is 0 Å². The smallest absolute Gasteiger partial charge is 0.140 e. The van der Waals surface area contributed by atoms with E-state index in [2.05, 4.69) is 47.8 Å². The van der Waals surface area contributed by atoms with Crippen LogP contribution in [0.3, 0.4) is 0 Å². The molecule has 0 radical (unpaired) electrons. The predicted octanol–water partition coefficient (Wildman–Crippen LogP) is 4.06. The predicted molar refractivity (Wildman–Crippen MR) is 74.3 cm³/mol. The molecule has 0 atom stereocenters. The van der Waals surface area contributed by atoms with Crippen molar-refractivity contribution < 1.29 is 0 Å². The molecule has 3 rings (SSSR count). The molecule has 2 heteroatoms. The molecular formula is C15H18N2. The third-order valence-corrected chi connectivity index (χ3v) is 2.91. The molecule has 0 fully saturated rings. The molecule has 0 saturated heterocycles. The van der Waals surface area contributed by atoms with Gasteiger partial charge in [0.1, 0.15) is 5.65 Å². The highest BCUT2D eigenvalue weighted by Crippen LogP contribution is 2.26. The van der Waals surface area contributed by atoms with Crippen LogP contribution in [-0.2, 0) is 7.05 Å². The van der Waals surface area contributed by atoms with Crippen molar-refractivity contribution in [1.29, 1.82) is 0 Å². The highest BCUT2D eigenvalue weighted by atomic mass is 15.0. The fraction of sp³-hybridized carbons (Fsp3) is 0.267. The van der Waals surface area contributed by atoms with Crippen LogP contribution >= 0.6 is 0 Å². The number of rotatable bonds is 0. The van der Waals surface area contributed by atoms with Gasteiger partial charge in [-0.25, -0.2) is 4.98 Å². The van der Waals surface area contributed by atoms with Gasteiger partial charge in [-0.3, -0.25) is 0 Å². The lowest BCUT2D eigenvalue weighted by Crippen LogP contribution is -1.88. The molecule has 88 valence electrons. The third kappa shape index (κ3) is 1.80. The van der Waals surface area contributed by atoms with E-state index >= 15 is 0 Å². The number of fused-ring (bicyclic) bond motifs is 3. The summed E-state index contributed by atoms with van der Waals surface area (Å²) in [4.78, 5) is 4.41. The van der Waals surface area contributed by atoms with Crippen molar-refractivity contribution in [1.82, 2.24) is 9.55 Å². The van der Waals surface area contributed by atoms with E-state index in [1.165, 1.54) is 21.9 Å². The maximum atomic E-state index is 4.41. The molecule has 2 aromatic heterocycles. The van der Waals surface area contributed by atoms with Crippen molar-refractivity contribution in [2.45, 2.75) is 20.8 Å². The van der Waals surface area contributed by atoms with Gasteiger partial charge < -0.3 is 4.57 Å². The number of hydrogen-bond donors (Lipinski definition) is 0. The molecule has 0 aliphatic heterocycles. The van der Waals surface area contributed by atoms with Crippen LogP contribution in [0.4, 0.5) is 0 Å². The Kier molecular flexibility index (Phi) is 3.14. The maximum absolute atomic E-state index is 4.41. The first-order valence-electron chi connectivity index (χ1n) is 6.07. The molecule has 0 saturated carbocycles. The first-order chi connectivity index (χ1) is 8.27. The topological polar surface area (TPSA) is 17.8 Å². The van der Waals surface area contributed by atoms with E-state index in [-0.39, 0.29) is 0 Å². The summed E-state index contributed by atoms with van der Waals surface area (Å²) in [5, 5.41) is 2.52. The fourth-order valence-electron chi connectivity index (χ4n) is 2.14. The first-order valence-corrected chi connectivity index (χ1v) is 6.07. The van der Waals surface area contributed by atoms with Crippen LogP contribution < -0.4 is 0 Å². The number of pyridine rings is 1. The fourth-order valence-corrected chi connectivity index (χ4v) is 2.14. The zero-order chi connectivity index (χ0) is 12.4. The standard InChI is InChI=1S/C13H12N2.C2H6/c1-9-5-6-10-11-4-3-7-14-13(11)15(2)12(10)8-9;1-2/h3-8H,1-2H3;1-2H3. The van der Waals surface area contributed by atoms with Gasteiger partial charge in [0.15, 0.2) is 0 Å². The van der Waals surface area contributed by atoms with Gasteiger partial charge in [-0.15, -0.1) is 0 Å². The average molecular weight is 226 g/mol. The maximum Gasteiger partial charge on any atom is 0.140 e. The minimum atomic E-state index is 1.05. The lowest BCUT2D eigenvalue weighted by molar-refractivity contribution is 0.989. The second-order valence-corrected chi connectivity index (χ2v) is 3.95. The number of benzene rings is 1. The molecule has 0 bridgehead atoms. The molecule has 1 aromatic carbocycles. The van der Waals surface area contributed by atoms with Gasteiger partial charge in [0.2, 0.25) is 0 Å². The average Bonchev–Trinajstić information content (AvgIpc) is 2.66. The molecule has 2 nitrogen and oxygen atoms in total. The highest BCUT2D eigenvalue weighted by molar-refractivity contribution is 6.06. The summed E-state index contributed by atoms with van der Waals surface area (Å²) in [5.74, 6) is 0. The number of nitrogens with zero attached hydrogens (tertiary/aromatic N) is 2. The van der Waals surface area contributed by atoms with Crippen LogP contribution in [-0.4, -0.2) is 9.55 Å². The molecule has 0 aliphatic carbocycles. The van der Waals surface area contributed by atoms with Crippen LogP contribution in [0.1, 0.15) is 19.4 Å². The van der Waals surface area contributed by atoms with Crippen LogP contribution in [0.25, 0.3) is 21.9 Å². The molecule has 0 unspecified atom stereocenters. The summed E-state index contributed by atoms with van der Waals surface area (Å²) in [6, 6.07) is 10.6. The summed E-state index contributed by atoms with van der Waals surface area (Å²) >= 11 is 0. The summed E-state index contributed by atoms with van der Waals surface area (Å²) in [7, 11) is 2.07. The number of aromatic nitrogens is 2. The highest BCUT2D eigenvalue weighted by Gasteiger charge is 2.07. The summed E-state index contributed by atoms with van der Waals surface area (Å²) < 4.78 is 2.15.